The number of nitrogens with zero attached hydrogens (tertiary/aromatic N) is 1. The lowest BCUT2D eigenvalue weighted by atomic mass is 10.1. The van der Waals surface area contributed by atoms with Gasteiger partial charge in [0.2, 0.25) is 12.3 Å². The number of aromatic nitrogens is 1. The summed E-state index contributed by atoms with van der Waals surface area (Å²) < 4.78 is 1.67. The van der Waals surface area contributed by atoms with E-state index in [0.29, 0.717) is 21.2 Å². The molecule has 2 aliphatic rings. The zero-order valence-electron chi connectivity index (χ0n) is 15.3. The molecule has 1 aromatic carbocycles. The van der Waals surface area contributed by atoms with Crippen LogP contribution in [-0.2, 0) is 6.54 Å². The second-order valence-electron chi connectivity index (χ2n) is 6.74. The molecule has 1 saturated heterocycles. The predicted octanol–water partition coefficient (Wildman–Crippen LogP) is 3.73. The maximum Gasteiger partial charge on any atom is 0.259 e. The molecule has 2 heterocycles. The van der Waals surface area contributed by atoms with Gasteiger partial charge in [-0.25, -0.2) is 0 Å². The SMILES string of the molecule is O=C(NC1NC2CC=CC=C2S1)c1ccc[n+](CC(=O)c2ccc(Cl)cc2Cl)c1. The molecule has 1 fully saturated rings. The summed E-state index contributed by atoms with van der Waals surface area (Å²) in [5.74, 6) is -0.362. The van der Waals surface area contributed by atoms with Crippen LogP contribution in [0.2, 0.25) is 10.0 Å². The number of thioether (sulfide) groups is 1. The first kappa shape index (κ1) is 20.2. The standard InChI is InChI=1S/C21H17Cl2N3O2S/c22-14-7-8-15(16(23)10-14)18(27)12-26-9-3-4-13(11-26)20(28)25-21-24-17-5-1-2-6-19(17)29-21/h1-4,6-11,17,21,24H,5,12H2/p+1. The van der Waals surface area contributed by atoms with Crippen LogP contribution in [0.3, 0.4) is 0 Å². The summed E-state index contributed by atoms with van der Waals surface area (Å²) in [6.07, 6.45) is 10.5. The highest BCUT2D eigenvalue weighted by molar-refractivity contribution is 8.04. The van der Waals surface area contributed by atoms with Crippen LogP contribution in [0.15, 0.2) is 65.9 Å². The number of carbonyl (C=O) groups is 2. The normalized spacial score (nSPS) is 20.1. The fourth-order valence-electron chi connectivity index (χ4n) is 3.23. The molecule has 0 bridgehead atoms. The van der Waals surface area contributed by atoms with Crippen molar-refractivity contribution in [2.24, 2.45) is 0 Å². The van der Waals surface area contributed by atoms with E-state index in [9.17, 15) is 9.59 Å². The molecule has 2 aromatic rings. The number of benzene rings is 1. The van der Waals surface area contributed by atoms with Crippen LogP contribution in [0, 0.1) is 0 Å². The molecule has 29 heavy (non-hydrogen) atoms. The highest BCUT2D eigenvalue weighted by atomic mass is 35.5. The Labute approximate surface area is 182 Å². The number of pyridine rings is 1. The van der Waals surface area contributed by atoms with Crippen molar-refractivity contribution >= 4 is 46.7 Å². The van der Waals surface area contributed by atoms with Crippen molar-refractivity contribution in [3.63, 3.8) is 0 Å². The van der Waals surface area contributed by atoms with E-state index in [-0.39, 0.29) is 29.8 Å². The zero-order chi connectivity index (χ0) is 20.4. The highest BCUT2D eigenvalue weighted by Crippen LogP contribution is 2.33. The monoisotopic (exact) mass is 446 g/mol. The second-order valence-corrected chi connectivity index (χ2v) is 8.76. The van der Waals surface area contributed by atoms with Crippen LogP contribution in [0.4, 0.5) is 0 Å². The number of hydrogen-bond donors (Lipinski definition) is 2. The average molecular weight is 447 g/mol. The molecule has 2 atom stereocenters. The molecule has 1 aliphatic carbocycles. The quantitative estimate of drug-likeness (QED) is 0.542. The molecule has 0 spiro atoms. The van der Waals surface area contributed by atoms with Gasteiger partial charge in [-0.15, -0.1) is 0 Å². The number of rotatable bonds is 5. The average Bonchev–Trinajstić information content (AvgIpc) is 3.10. The van der Waals surface area contributed by atoms with Crippen molar-refractivity contribution in [2.75, 3.05) is 0 Å². The molecule has 1 aliphatic heterocycles. The minimum atomic E-state index is -0.200. The third-order valence-electron chi connectivity index (χ3n) is 4.66. The van der Waals surface area contributed by atoms with Crippen molar-refractivity contribution in [1.82, 2.24) is 10.6 Å². The summed E-state index contributed by atoms with van der Waals surface area (Å²) >= 11 is 13.6. The van der Waals surface area contributed by atoms with E-state index in [1.54, 1.807) is 59.1 Å². The van der Waals surface area contributed by atoms with Crippen molar-refractivity contribution in [1.29, 1.82) is 0 Å². The van der Waals surface area contributed by atoms with E-state index < -0.39 is 0 Å². The molecule has 2 N–H and O–H groups in total. The summed E-state index contributed by atoms with van der Waals surface area (Å²) in [5, 5.41) is 7.17. The Morgan fingerprint density at radius 3 is 2.93 bits per heavy atom. The van der Waals surface area contributed by atoms with Gasteiger partial charge in [-0.2, -0.15) is 4.57 Å². The van der Waals surface area contributed by atoms with Gasteiger partial charge in [-0.05, 0) is 30.7 Å². The first-order valence-electron chi connectivity index (χ1n) is 9.07. The minimum absolute atomic E-state index is 0.0690. The third-order valence-corrected chi connectivity index (χ3v) is 6.39. The fourth-order valence-corrected chi connectivity index (χ4v) is 4.90. The predicted molar refractivity (Wildman–Crippen MR) is 115 cm³/mol. The number of amides is 1. The van der Waals surface area contributed by atoms with Crippen LogP contribution in [0.25, 0.3) is 0 Å². The van der Waals surface area contributed by atoms with E-state index in [0.717, 1.165) is 6.42 Å². The third kappa shape index (κ3) is 4.73. The molecule has 1 amide bonds. The first-order chi connectivity index (χ1) is 14.0. The van der Waals surface area contributed by atoms with Crippen LogP contribution < -0.4 is 15.2 Å². The fraction of sp³-hybridized carbons (Fsp3) is 0.190. The van der Waals surface area contributed by atoms with Crippen LogP contribution >= 0.6 is 35.0 Å². The summed E-state index contributed by atoms with van der Waals surface area (Å²) in [6, 6.07) is 8.50. The summed E-state index contributed by atoms with van der Waals surface area (Å²) in [4.78, 5) is 26.5. The van der Waals surface area contributed by atoms with Gasteiger partial charge in [-0.1, -0.05) is 53.2 Å². The molecule has 8 heteroatoms. The van der Waals surface area contributed by atoms with Crippen LogP contribution in [0.1, 0.15) is 27.1 Å². The smallest absolute Gasteiger partial charge is 0.259 e. The Kier molecular flexibility index (Phi) is 6.06. The zero-order valence-corrected chi connectivity index (χ0v) is 17.6. The van der Waals surface area contributed by atoms with Gasteiger partial charge in [0.05, 0.1) is 5.02 Å². The molecule has 4 rings (SSSR count). The molecular formula is C21H18Cl2N3O2S+. The second kappa shape index (κ2) is 8.71. The van der Waals surface area contributed by atoms with Crippen molar-refractivity contribution < 1.29 is 14.2 Å². The minimum Gasteiger partial charge on any atom is -0.327 e. The lowest BCUT2D eigenvalue weighted by molar-refractivity contribution is -0.683. The van der Waals surface area contributed by atoms with E-state index in [4.69, 9.17) is 23.2 Å². The van der Waals surface area contributed by atoms with Crippen molar-refractivity contribution in [2.45, 2.75) is 24.5 Å². The maximum atomic E-state index is 12.7. The number of halogens is 2. The number of hydrogen-bond acceptors (Lipinski definition) is 4. The largest absolute Gasteiger partial charge is 0.327 e. The summed E-state index contributed by atoms with van der Waals surface area (Å²) in [5.41, 5.74) is 0.697. The number of allylic oxidation sites excluding steroid dienone is 2. The molecule has 1 aromatic heterocycles. The number of ketones is 1. The molecular weight excluding hydrogens is 429 g/mol. The molecule has 0 radical (unpaired) electrons. The number of carbonyl (C=O) groups excluding carboxylic acids is 2. The number of Topliss-reactive ketones (excluding diaryl/α,β-unsaturated/α-hetero) is 1. The molecule has 0 saturated carbocycles. The summed E-state index contributed by atoms with van der Waals surface area (Å²) in [6.45, 7) is 0.0690. The maximum absolute atomic E-state index is 12.7. The van der Waals surface area contributed by atoms with E-state index in [2.05, 4.69) is 22.8 Å². The van der Waals surface area contributed by atoms with E-state index >= 15 is 0 Å². The van der Waals surface area contributed by atoms with Crippen LogP contribution in [-0.4, -0.2) is 23.2 Å². The van der Waals surface area contributed by atoms with E-state index in [1.165, 1.54) is 4.91 Å². The molecule has 148 valence electrons. The van der Waals surface area contributed by atoms with Crippen molar-refractivity contribution in [3.05, 3.63) is 87.0 Å². The topological polar surface area (TPSA) is 62.1 Å². The number of nitrogens with one attached hydrogen (secondary N) is 2. The molecule has 5 nitrogen and oxygen atoms in total. The van der Waals surface area contributed by atoms with Gasteiger partial charge in [0, 0.05) is 27.6 Å². The van der Waals surface area contributed by atoms with Gasteiger partial charge in [-0.3, -0.25) is 14.9 Å². The van der Waals surface area contributed by atoms with Gasteiger partial charge in [0.25, 0.3) is 5.91 Å². The Hall–Kier alpha value is -2.12. The van der Waals surface area contributed by atoms with Gasteiger partial charge in [0.15, 0.2) is 12.4 Å². The number of fused-ring (bicyclic) bond motifs is 1. The Balaban J connectivity index is 1.42. The van der Waals surface area contributed by atoms with Gasteiger partial charge < -0.3 is 5.32 Å². The highest BCUT2D eigenvalue weighted by Gasteiger charge is 2.30. The summed E-state index contributed by atoms with van der Waals surface area (Å²) in [7, 11) is 0. The Bertz CT molecular complexity index is 1040. The lowest BCUT2D eigenvalue weighted by Crippen LogP contribution is -2.44. The lowest BCUT2D eigenvalue weighted by Gasteiger charge is -2.13. The Morgan fingerprint density at radius 1 is 1.28 bits per heavy atom. The molecule has 2 unspecified atom stereocenters. The Morgan fingerprint density at radius 2 is 2.14 bits per heavy atom. The van der Waals surface area contributed by atoms with Crippen molar-refractivity contribution in [3.8, 4) is 0 Å². The van der Waals surface area contributed by atoms with Gasteiger partial charge in [0.1, 0.15) is 11.1 Å². The van der Waals surface area contributed by atoms with Crippen LogP contribution in [0.5, 0.6) is 0 Å². The van der Waals surface area contributed by atoms with E-state index in [1.807, 2.05) is 6.08 Å². The van der Waals surface area contributed by atoms with Gasteiger partial charge >= 0.3 is 0 Å². The first-order valence-corrected chi connectivity index (χ1v) is 10.7.